The minimum absolute atomic E-state index is 0.0206. The van der Waals surface area contributed by atoms with Crippen LogP contribution in [-0.4, -0.2) is 54.1 Å². The minimum Gasteiger partial charge on any atom is -0.481 e. The molecule has 0 spiro atoms. The van der Waals surface area contributed by atoms with Gasteiger partial charge < -0.3 is 25.8 Å². The van der Waals surface area contributed by atoms with Crippen molar-refractivity contribution >= 4 is 29.7 Å². The number of ether oxygens (including phenoxy) is 1. The second kappa shape index (κ2) is 13.7. The van der Waals surface area contributed by atoms with E-state index in [9.17, 15) is 24.0 Å². The summed E-state index contributed by atoms with van der Waals surface area (Å²) in [4.78, 5) is 57.6. The number of amides is 3. The van der Waals surface area contributed by atoms with Gasteiger partial charge in [0.1, 0.15) is 0 Å². The van der Waals surface area contributed by atoms with Crippen LogP contribution >= 0.6 is 0 Å². The molecule has 1 aliphatic heterocycles. The van der Waals surface area contributed by atoms with Crippen molar-refractivity contribution in [1.82, 2.24) is 16.0 Å². The van der Waals surface area contributed by atoms with Crippen LogP contribution in [0.15, 0.2) is 36.5 Å². The molecule has 29 heavy (non-hydrogen) atoms. The van der Waals surface area contributed by atoms with Crippen molar-refractivity contribution in [2.45, 2.75) is 38.3 Å². The van der Waals surface area contributed by atoms with Crippen molar-refractivity contribution < 1.29 is 33.8 Å². The van der Waals surface area contributed by atoms with Crippen LogP contribution in [0.25, 0.3) is 0 Å². The highest BCUT2D eigenvalue weighted by molar-refractivity contribution is 5.80. The molecule has 0 fully saturated rings. The van der Waals surface area contributed by atoms with E-state index >= 15 is 0 Å². The third-order valence-corrected chi connectivity index (χ3v) is 3.49. The summed E-state index contributed by atoms with van der Waals surface area (Å²) >= 11 is 0. The van der Waals surface area contributed by atoms with E-state index in [1.165, 1.54) is 12.2 Å². The van der Waals surface area contributed by atoms with Crippen LogP contribution in [0.3, 0.4) is 0 Å². The van der Waals surface area contributed by atoms with Crippen LogP contribution in [-0.2, 0) is 28.7 Å². The topological polar surface area (TPSA) is 151 Å². The predicted molar refractivity (Wildman–Crippen MR) is 102 cm³/mol. The Balaban J connectivity index is 2.75. The van der Waals surface area contributed by atoms with Gasteiger partial charge in [-0.1, -0.05) is 30.4 Å². The quantitative estimate of drug-likeness (QED) is 0.376. The zero-order valence-electron chi connectivity index (χ0n) is 15.9. The molecular formula is C19H25N3O7. The number of carbonyl (C=O) groups excluding carboxylic acids is 4. The second-order valence-corrected chi connectivity index (χ2v) is 5.96. The monoisotopic (exact) mass is 407 g/mol. The summed E-state index contributed by atoms with van der Waals surface area (Å²) in [5, 5.41) is 16.3. The van der Waals surface area contributed by atoms with Gasteiger partial charge in [0.05, 0.1) is 12.8 Å². The Morgan fingerprint density at radius 2 is 1.41 bits per heavy atom. The van der Waals surface area contributed by atoms with Crippen LogP contribution in [0.5, 0.6) is 0 Å². The first-order valence-electron chi connectivity index (χ1n) is 9.07. The largest absolute Gasteiger partial charge is 0.481 e. The first-order valence-corrected chi connectivity index (χ1v) is 9.07. The average Bonchev–Trinajstić information content (AvgIpc) is 2.65. The van der Waals surface area contributed by atoms with Gasteiger partial charge in [-0.2, -0.15) is 0 Å². The van der Waals surface area contributed by atoms with Gasteiger partial charge in [-0.15, -0.1) is 0 Å². The summed E-state index contributed by atoms with van der Waals surface area (Å²) in [5.41, 5.74) is 0. The third kappa shape index (κ3) is 12.6. The molecule has 0 saturated carbocycles. The minimum atomic E-state index is -1.14. The van der Waals surface area contributed by atoms with Crippen LogP contribution in [0.4, 0.5) is 0 Å². The van der Waals surface area contributed by atoms with Crippen LogP contribution in [0.2, 0.25) is 0 Å². The summed E-state index contributed by atoms with van der Waals surface area (Å²) in [7, 11) is 0. The molecule has 158 valence electrons. The smallest absolute Gasteiger partial charge is 0.308 e. The molecule has 0 aromatic rings. The molecule has 10 heteroatoms. The van der Waals surface area contributed by atoms with Crippen molar-refractivity contribution in [3.05, 3.63) is 36.5 Å². The lowest BCUT2D eigenvalue weighted by atomic mass is 10.3. The standard InChI is InChI=1S/C19H25N3O7/c23-14-6-1-3-12-21-15(24)8-5-9-17(29-19(28)11-10-18(26)27)22-16(25)7-2-4-13-20-14/h1-5,9,17H,6-8,10-13H2,(H,20,23)(H,21,24)(H,22,25)(H,26,27)/b3-1-,4-2+,9-5-. The van der Waals surface area contributed by atoms with Crippen molar-refractivity contribution in [2.24, 2.45) is 0 Å². The van der Waals surface area contributed by atoms with E-state index in [-0.39, 0.29) is 50.6 Å². The van der Waals surface area contributed by atoms with Gasteiger partial charge in [0.15, 0.2) is 6.23 Å². The van der Waals surface area contributed by atoms with Gasteiger partial charge in [-0.05, 0) is 6.08 Å². The normalized spacial score (nSPS) is 22.6. The second-order valence-electron chi connectivity index (χ2n) is 5.96. The fraction of sp³-hybridized carbons (Fsp3) is 0.421. The molecule has 1 heterocycles. The molecule has 4 N–H and O–H groups in total. The Bertz CT molecular complexity index is 698. The van der Waals surface area contributed by atoms with E-state index in [0.29, 0.717) is 0 Å². The zero-order valence-corrected chi connectivity index (χ0v) is 15.9. The van der Waals surface area contributed by atoms with Gasteiger partial charge in [0.25, 0.3) is 0 Å². The summed E-state index contributed by atoms with van der Waals surface area (Å²) < 4.78 is 5.06. The lowest BCUT2D eigenvalue weighted by molar-refractivity contribution is -0.152. The van der Waals surface area contributed by atoms with Crippen molar-refractivity contribution in [3.63, 3.8) is 0 Å². The Morgan fingerprint density at radius 3 is 2.00 bits per heavy atom. The molecule has 0 aliphatic carbocycles. The Kier molecular flexibility index (Phi) is 11.1. The van der Waals surface area contributed by atoms with Crippen molar-refractivity contribution in [2.75, 3.05) is 13.1 Å². The maximum absolute atomic E-state index is 12.0. The highest BCUT2D eigenvalue weighted by Gasteiger charge is 2.15. The number of aliphatic carboxylic acids is 1. The number of rotatable bonds is 4. The number of carboxylic acids is 1. The van der Waals surface area contributed by atoms with Crippen molar-refractivity contribution in [1.29, 1.82) is 0 Å². The molecule has 0 saturated heterocycles. The van der Waals surface area contributed by atoms with Gasteiger partial charge in [-0.25, -0.2) is 0 Å². The van der Waals surface area contributed by atoms with E-state index in [1.54, 1.807) is 24.3 Å². The predicted octanol–water partition coefficient (Wildman–Crippen LogP) is -0.0784. The summed E-state index contributed by atoms with van der Waals surface area (Å²) in [6, 6.07) is 0. The molecule has 0 aromatic carbocycles. The summed E-state index contributed by atoms with van der Waals surface area (Å²) in [6.45, 7) is 0.508. The van der Waals surface area contributed by atoms with Gasteiger partial charge in [0.2, 0.25) is 17.7 Å². The van der Waals surface area contributed by atoms with E-state index in [0.717, 1.165) is 0 Å². The van der Waals surface area contributed by atoms with E-state index in [1.807, 2.05) is 0 Å². The summed E-state index contributed by atoms with van der Waals surface area (Å²) in [6.07, 6.45) is 7.51. The molecular weight excluding hydrogens is 382 g/mol. The highest BCUT2D eigenvalue weighted by atomic mass is 16.6. The molecule has 0 bridgehead atoms. The van der Waals surface area contributed by atoms with Crippen LogP contribution in [0.1, 0.15) is 32.1 Å². The van der Waals surface area contributed by atoms with Gasteiger partial charge in [-0.3, -0.25) is 24.0 Å². The summed E-state index contributed by atoms with van der Waals surface area (Å²) in [5.74, 6) is -2.89. The zero-order chi connectivity index (χ0) is 21.5. The maximum Gasteiger partial charge on any atom is 0.308 e. The Hall–Kier alpha value is -3.43. The molecule has 1 unspecified atom stereocenters. The fourth-order valence-corrected chi connectivity index (χ4v) is 2.08. The molecule has 1 atom stereocenters. The van der Waals surface area contributed by atoms with Crippen LogP contribution in [0, 0.1) is 0 Å². The number of hydrogen-bond acceptors (Lipinski definition) is 6. The average molecular weight is 407 g/mol. The molecule has 1 aliphatic rings. The van der Waals surface area contributed by atoms with Crippen LogP contribution < -0.4 is 16.0 Å². The number of carbonyl (C=O) groups is 5. The van der Waals surface area contributed by atoms with Gasteiger partial charge in [0, 0.05) is 32.4 Å². The van der Waals surface area contributed by atoms with Crippen molar-refractivity contribution in [3.8, 4) is 0 Å². The van der Waals surface area contributed by atoms with Gasteiger partial charge >= 0.3 is 11.9 Å². The molecule has 0 radical (unpaired) electrons. The molecule has 10 nitrogen and oxygen atoms in total. The lowest BCUT2D eigenvalue weighted by Gasteiger charge is -2.15. The number of hydrogen-bond donors (Lipinski definition) is 4. The number of carboxylic acid groups (broad SMARTS) is 1. The maximum atomic E-state index is 12.0. The first kappa shape index (κ1) is 23.6. The highest BCUT2D eigenvalue weighted by Crippen LogP contribution is 2.00. The SMILES string of the molecule is O=C(O)CCC(=O)OC1/C=C\CC(=O)NC/C=C\CC(=O)NC/C=C/CC(=O)N1. The molecule has 3 amide bonds. The number of nitrogens with one attached hydrogen (secondary N) is 3. The molecule has 1 rings (SSSR count). The fourth-order valence-electron chi connectivity index (χ4n) is 2.08. The van der Waals surface area contributed by atoms with E-state index < -0.39 is 30.5 Å². The Labute approximate surface area is 168 Å². The molecule has 0 aromatic heterocycles. The Morgan fingerprint density at radius 1 is 0.862 bits per heavy atom. The third-order valence-electron chi connectivity index (χ3n) is 3.49. The first-order chi connectivity index (χ1) is 13.9. The van der Waals surface area contributed by atoms with E-state index in [2.05, 4.69) is 16.0 Å². The lowest BCUT2D eigenvalue weighted by Crippen LogP contribution is -2.37. The number of esters is 1. The van der Waals surface area contributed by atoms with E-state index in [4.69, 9.17) is 9.84 Å².